The molecule has 0 atom stereocenters. The van der Waals surface area contributed by atoms with Crippen LogP contribution in [0.5, 0.6) is 11.5 Å². The molecular weight excluding hydrogens is 348 g/mol. The molecule has 0 saturated heterocycles. The van der Waals surface area contributed by atoms with Gasteiger partial charge >= 0.3 is 0 Å². The number of nitrogens with one attached hydrogen (secondary N) is 2. The number of ether oxygens (including phenoxy) is 2. The maximum Gasteiger partial charge on any atom is 0.267 e. The van der Waals surface area contributed by atoms with E-state index < -0.39 is 11.8 Å². The van der Waals surface area contributed by atoms with Crippen molar-refractivity contribution in [2.24, 2.45) is 0 Å². The van der Waals surface area contributed by atoms with E-state index in [0.717, 1.165) is 6.20 Å². The summed E-state index contributed by atoms with van der Waals surface area (Å²) in [7, 11) is 2.93. The van der Waals surface area contributed by atoms with Crippen LogP contribution in [-0.4, -0.2) is 26.0 Å². The number of rotatable bonds is 6. The van der Waals surface area contributed by atoms with Crippen LogP contribution in [0, 0.1) is 11.3 Å². The Balaban J connectivity index is 2.17. The number of nitrogens with two attached hydrogens (primary N) is 1. The van der Waals surface area contributed by atoms with Gasteiger partial charge in [-0.1, -0.05) is 12.1 Å². The third kappa shape index (κ3) is 4.76. The molecule has 2 rings (SSSR count). The van der Waals surface area contributed by atoms with E-state index in [1.165, 1.54) is 20.3 Å². The minimum absolute atomic E-state index is 0.237. The number of nitriles is 1. The molecule has 0 spiro atoms. The number of methoxy groups -OCH3 is 2. The van der Waals surface area contributed by atoms with E-state index in [1.807, 2.05) is 0 Å². The van der Waals surface area contributed by atoms with Crippen molar-refractivity contribution in [3.63, 3.8) is 0 Å². The second kappa shape index (κ2) is 8.92. The molecule has 0 radical (unpaired) electrons. The average Bonchev–Trinajstić information content (AvgIpc) is 2.68. The lowest BCUT2D eigenvalue weighted by Crippen LogP contribution is -2.22. The largest absolute Gasteiger partial charge is 0.497 e. The Kier molecular flexibility index (Phi) is 6.39. The summed E-state index contributed by atoms with van der Waals surface area (Å²) in [5, 5.41) is 14.2. The molecule has 2 amide bonds. The quantitative estimate of drug-likeness (QED) is 0.408. The van der Waals surface area contributed by atoms with E-state index in [4.69, 9.17) is 15.2 Å². The Morgan fingerprint density at radius 1 is 1.15 bits per heavy atom. The fraction of sp³-hybridized carbons (Fsp3) is 0.105. The van der Waals surface area contributed by atoms with Gasteiger partial charge in [0.25, 0.3) is 11.8 Å². The van der Waals surface area contributed by atoms with E-state index in [-0.39, 0.29) is 16.8 Å². The van der Waals surface area contributed by atoms with Crippen LogP contribution in [0.4, 0.5) is 11.4 Å². The molecule has 2 aromatic carbocycles. The van der Waals surface area contributed by atoms with Crippen LogP contribution < -0.4 is 25.8 Å². The van der Waals surface area contributed by atoms with Gasteiger partial charge in [0, 0.05) is 18.0 Å². The van der Waals surface area contributed by atoms with Crippen molar-refractivity contribution >= 4 is 23.2 Å². The molecule has 0 aliphatic rings. The van der Waals surface area contributed by atoms with Crippen molar-refractivity contribution in [3.8, 4) is 17.6 Å². The number of hydrogen-bond donors (Lipinski definition) is 3. The first kappa shape index (κ1) is 19.3. The Bertz CT molecular complexity index is 932. The van der Waals surface area contributed by atoms with E-state index in [2.05, 4.69) is 10.6 Å². The number of amides is 2. The standard InChI is InChI=1S/C19H18N4O4/c1-26-13-7-8-17(27-2)16(9-13)23-18(24)12(10-20)11-22-19(25)14-5-3-4-6-15(14)21/h3-9,11H,21H2,1-2H3,(H,22,25)(H,23,24)/b12-11-. The first-order valence-corrected chi connectivity index (χ1v) is 7.79. The maximum absolute atomic E-state index is 12.4. The summed E-state index contributed by atoms with van der Waals surface area (Å²) >= 11 is 0. The molecule has 0 fully saturated rings. The summed E-state index contributed by atoms with van der Waals surface area (Å²) in [4.78, 5) is 24.5. The highest BCUT2D eigenvalue weighted by Gasteiger charge is 2.14. The van der Waals surface area contributed by atoms with Crippen molar-refractivity contribution in [2.75, 3.05) is 25.3 Å². The first-order chi connectivity index (χ1) is 13.0. The van der Waals surface area contributed by atoms with Crippen LogP contribution >= 0.6 is 0 Å². The van der Waals surface area contributed by atoms with Gasteiger partial charge in [0.1, 0.15) is 23.1 Å². The molecule has 138 valence electrons. The number of nitrogen functional groups attached to an aromatic ring is 1. The van der Waals surface area contributed by atoms with Crippen LogP contribution in [-0.2, 0) is 4.79 Å². The highest BCUT2D eigenvalue weighted by Crippen LogP contribution is 2.29. The number of benzene rings is 2. The molecule has 0 aliphatic carbocycles. The van der Waals surface area contributed by atoms with Gasteiger partial charge in [0.05, 0.1) is 25.5 Å². The maximum atomic E-state index is 12.4. The van der Waals surface area contributed by atoms with E-state index >= 15 is 0 Å². The molecule has 0 aromatic heterocycles. The molecule has 8 heteroatoms. The SMILES string of the molecule is COc1ccc(OC)c(NC(=O)/C(C#N)=C\NC(=O)c2ccccc2N)c1. The lowest BCUT2D eigenvalue weighted by atomic mass is 10.1. The van der Waals surface area contributed by atoms with Crippen molar-refractivity contribution in [2.45, 2.75) is 0 Å². The van der Waals surface area contributed by atoms with Gasteiger partial charge in [-0.05, 0) is 24.3 Å². The predicted molar refractivity (Wildman–Crippen MR) is 100 cm³/mol. The molecule has 0 heterocycles. The van der Waals surface area contributed by atoms with Crippen LogP contribution in [0.1, 0.15) is 10.4 Å². The zero-order valence-corrected chi connectivity index (χ0v) is 14.8. The molecule has 0 unspecified atom stereocenters. The van der Waals surface area contributed by atoms with Crippen molar-refractivity contribution in [3.05, 3.63) is 59.8 Å². The molecule has 2 aromatic rings. The second-order valence-corrected chi connectivity index (χ2v) is 5.25. The number of carbonyl (C=O) groups excluding carboxylic acids is 2. The Labute approximate surface area is 156 Å². The zero-order chi connectivity index (χ0) is 19.8. The monoisotopic (exact) mass is 366 g/mol. The topological polar surface area (TPSA) is 126 Å². The smallest absolute Gasteiger partial charge is 0.267 e. The summed E-state index contributed by atoms with van der Waals surface area (Å²) in [6, 6.07) is 13.0. The van der Waals surface area contributed by atoms with E-state index in [9.17, 15) is 14.9 Å². The summed E-state index contributed by atoms with van der Waals surface area (Å²) in [6.45, 7) is 0. The Morgan fingerprint density at radius 2 is 1.89 bits per heavy atom. The van der Waals surface area contributed by atoms with Crippen molar-refractivity contribution < 1.29 is 19.1 Å². The summed E-state index contributed by atoms with van der Waals surface area (Å²) in [5.41, 5.74) is 6.27. The molecule has 0 saturated carbocycles. The average molecular weight is 366 g/mol. The van der Waals surface area contributed by atoms with Gasteiger partial charge in [-0.15, -0.1) is 0 Å². The van der Waals surface area contributed by atoms with Crippen LogP contribution in [0.25, 0.3) is 0 Å². The number of hydrogen-bond acceptors (Lipinski definition) is 6. The highest BCUT2D eigenvalue weighted by atomic mass is 16.5. The molecule has 8 nitrogen and oxygen atoms in total. The number of carbonyl (C=O) groups is 2. The predicted octanol–water partition coefficient (Wildman–Crippen LogP) is 2.06. The highest BCUT2D eigenvalue weighted by molar-refractivity contribution is 6.08. The number of nitrogens with zero attached hydrogens (tertiary/aromatic N) is 1. The fourth-order valence-corrected chi connectivity index (χ4v) is 2.17. The molecule has 27 heavy (non-hydrogen) atoms. The summed E-state index contributed by atoms with van der Waals surface area (Å²) < 4.78 is 10.3. The third-order valence-corrected chi connectivity index (χ3v) is 3.57. The lowest BCUT2D eigenvalue weighted by molar-refractivity contribution is -0.112. The minimum atomic E-state index is -0.717. The molecular formula is C19H18N4O4. The van der Waals surface area contributed by atoms with Gasteiger partial charge < -0.3 is 25.8 Å². The lowest BCUT2D eigenvalue weighted by Gasteiger charge is -2.11. The summed E-state index contributed by atoms with van der Waals surface area (Å²) in [5.74, 6) is -0.359. The van der Waals surface area contributed by atoms with Gasteiger partial charge in [-0.3, -0.25) is 9.59 Å². The summed E-state index contributed by atoms with van der Waals surface area (Å²) in [6.07, 6.45) is 1.02. The molecule has 0 aliphatic heterocycles. The number of para-hydroxylation sites is 1. The van der Waals surface area contributed by atoms with Crippen molar-refractivity contribution in [1.82, 2.24) is 5.32 Å². The van der Waals surface area contributed by atoms with Crippen LogP contribution in [0.3, 0.4) is 0 Å². The van der Waals surface area contributed by atoms with Gasteiger partial charge in [0.15, 0.2) is 0 Å². The normalized spacial score (nSPS) is 10.5. The molecule has 0 bridgehead atoms. The Morgan fingerprint density at radius 3 is 2.52 bits per heavy atom. The second-order valence-electron chi connectivity index (χ2n) is 5.25. The first-order valence-electron chi connectivity index (χ1n) is 7.79. The fourth-order valence-electron chi connectivity index (χ4n) is 2.17. The van der Waals surface area contributed by atoms with Crippen LogP contribution in [0.15, 0.2) is 54.2 Å². The van der Waals surface area contributed by atoms with Crippen LogP contribution in [0.2, 0.25) is 0 Å². The Hall–Kier alpha value is -3.99. The van der Waals surface area contributed by atoms with Crippen molar-refractivity contribution in [1.29, 1.82) is 5.26 Å². The van der Waals surface area contributed by atoms with E-state index in [0.29, 0.717) is 17.2 Å². The minimum Gasteiger partial charge on any atom is -0.497 e. The molecule has 4 N–H and O–H groups in total. The number of anilines is 2. The van der Waals surface area contributed by atoms with Gasteiger partial charge in [0.2, 0.25) is 0 Å². The van der Waals surface area contributed by atoms with Gasteiger partial charge in [-0.25, -0.2) is 0 Å². The van der Waals surface area contributed by atoms with E-state index in [1.54, 1.807) is 42.5 Å². The van der Waals surface area contributed by atoms with Gasteiger partial charge in [-0.2, -0.15) is 5.26 Å². The third-order valence-electron chi connectivity index (χ3n) is 3.57. The zero-order valence-electron chi connectivity index (χ0n) is 14.8.